The summed E-state index contributed by atoms with van der Waals surface area (Å²) in [6.45, 7) is 4.09. The number of nitriles is 1. The van der Waals surface area contributed by atoms with Crippen molar-refractivity contribution in [1.82, 2.24) is 14.3 Å². The fourth-order valence-corrected chi connectivity index (χ4v) is 9.45. The zero-order valence-corrected chi connectivity index (χ0v) is 27.9. The molecule has 1 N–H and O–H groups in total. The van der Waals surface area contributed by atoms with Crippen molar-refractivity contribution in [3.8, 4) is 11.8 Å². The first-order valence-electron chi connectivity index (χ1n) is 16.5. The SMILES string of the molecule is N#Cc1cc(S(=O)(=O)Nc2ncns2)ccc1OC(CCC12CCC(c3ccccc31)c1ccccc12)COCCN1CCCCC1. The van der Waals surface area contributed by atoms with E-state index in [-0.39, 0.29) is 27.1 Å². The van der Waals surface area contributed by atoms with Gasteiger partial charge in [0.1, 0.15) is 24.3 Å². The summed E-state index contributed by atoms with van der Waals surface area (Å²) in [5, 5.41) is 10.2. The van der Waals surface area contributed by atoms with E-state index in [9.17, 15) is 13.7 Å². The Morgan fingerprint density at radius 3 is 2.49 bits per heavy atom. The van der Waals surface area contributed by atoms with Gasteiger partial charge in [-0.05, 0) is 92.1 Å². The molecule has 11 heteroatoms. The number of aromatic nitrogens is 2. The lowest BCUT2D eigenvalue weighted by Crippen LogP contribution is -2.41. The van der Waals surface area contributed by atoms with E-state index in [0.717, 1.165) is 50.4 Å². The summed E-state index contributed by atoms with van der Waals surface area (Å²) >= 11 is 0.939. The molecular weight excluding hydrogens is 631 g/mol. The van der Waals surface area contributed by atoms with E-state index in [4.69, 9.17) is 9.47 Å². The Bertz CT molecular complexity index is 1800. The molecule has 1 saturated heterocycles. The zero-order chi connectivity index (χ0) is 32.3. The lowest BCUT2D eigenvalue weighted by molar-refractivity contribution is 0.0296. The Hall–Kier alpha value is -3.82. The quantitative estimate of drug-likeness (QED) is 0.161. The molecule has 0 spiro atoms. The van der Waals surface area contributed by atoms with Crippen LogP contribution in [-0.4, -0.2) is 61.6 Å². The Morgan fingerprint density at radius 1 is 1.04 bits per heavy atom. The number of anilines is 1. The second-order valence-corrected chi connectivity index (χ2v) is 15.2. The summed E-state index contributed by atoms with van der Waals surface area (Å²) in [6.07, 6.45) is 8.48. The summed E-state index contributed by atoms with van der Waals surface area (Å²) in [5.41, 5.74) is 5.71. The zero-order valence-electron chi connectivity index (χ0n) is 26.3. The number of nitrogens with one attached hydrogen (secondary N) is 1. The lowest BCUT2D eigenvalue weighted by atomic mass is 9.54. The van der Waals surface area contributed by atoms with Gasteiger partial charge in [0.2, 0.25) is 5.13 Å². The molecule has 8 rings (SSSR count). The van der Waals surface area contributed by atoms with Crippen molar-refractivity contribution < 1.29 is 17.9 Å². The van der Waals surface area contributed by atoms with Crippen molar-refractivity contribution >= 4 is 26.7 Å². The number of hydrogen-bond donors (Lipinski definition) is 1. The Kier molecular flexibility index (Phi) is 9.28. The summed E-state index contributed by atoms with van der Waals surface area (Å²) in [6, 6.07) is 24.3. The summed E-state index contributed by atoms with van der Waals surface area (Å²) < 4.78 is 45.1. The number of piperidine rings is 1. The first kappa shape index (κ1) is 31.8. The van der Waals surface area contributed by atoms with Gasteiger partial charge in [-0.25, -0.2) is 13.4 Å². The molecule has 1 unspecified atom stereocenters. The van der Waals surface area contributed by atoms with E-state index >= 15 is 0 Å². The van der Waals surface area contributed by atoms with Crippen LogP contribution in [0, 0.1) is 11.3 Å². The van der Waals surface area contributed by atoms with Crippen LogP contribution in [0.1, 0.15) is 78.7 Å². The average molecular weight is 670 g/mol. The van der Waals surface area contributed by atoms with Crippen molar-refractivity contribution in [3.05, 3.63) is 101 Å². The molecule has 2 bridgehead atoms. The molecule has 244 valence electrons. The van der Waals surface area contributed by atoms with Crippen molar-refractivity contribution in [3.63, 3.8) is 0 Å². The van der Waals surface area contributed by atoms with Crippen LogP contribution in [0.25, 0.3) is 0 Å². The van der Waals surface area contributed by atoms with Crippen LogP contribution >= 0.6 is 11.5 Å². The lowest BCUT2D eigenvalue weighted by Gasteiger charge is -2.50. The van der Waals surface area contributed by atoms with Gasteiger partial charge in [0, 0.05) is 29.4 Å². The number of fused-ring (bicyclic) bond motifs is 1. The average Bonchev–Trinajstić information content (AvgIpc) is 3.62. The van der Waals surface area contributed by atoms with E-state index in [2.05, 4.69) is 73.6 Å². The standard InChI is InChI=1S/C36H39N5O4S2/c37-23-26-22-28(47(42,43)40-35-38-25-39-46-35)12-13-34(26)45-27(24-44-21-20-41-18-6-1-7-19-41)14-16-36-17-15-29(30-8-2-4-10-32(30)36)31-9-3-5-11-33(31)36/h2-5,8-13,22,25,27,29H,1,6-7,14-21,24H2,(H,38,39,40). The first-order valence-corrected chi connectivity index (χ1v) is 18.7. The molecule has 2 heterocycles. The molecule has 0 amide bonds. The largest absolute Gasteiger partial charge is 0.487 e. The Labute approximate surface area is 280 Å². The smallest absolute Gasteiger partial charge is 0.263 e. The number of likely N-dealkylation sites (tertiary alicyclic amines) is 1. The Balaban J connectivity index is 1.13. The number of hydrogen-bond acceptors (Lipinski definition) is 9. The van der Waals surface area contributed by atoms with Crippen LogP contribution < -0.4 is 9.46 Å². The van der Waals surface area contributed by atoms with Gasteiger partial charge < -0.3 is 14.4 Å². The van der Waals surface area contributed by atoms with Crippen molar-refractivity contribution in [1.29, 1.82) is 5.26 Å². The van der Waals surface area contributed by atoms with Crippen LogP contribution in [0.3, 0.4) is 0 Å². The highest BCUT2D eigenvalue weighted by Crippen LogP contribution is 2.58. The van der Waals surface area contributed by atoms with Crippen molar-refractivity contribution in [2.24, 2.45) is 0 Å². The fraction of sp³-hybridized carbons (Fsp3) is 0.417. The summed E-state index contributed by atoms with van der Waals surface area (Å²) in [4.78, 5) is 6.31. The first-order chi connectivity index (χ1) is 23.0. The van der Waals surface area contributed by atoms with Gasteiger partial charge in [0.15, 0.2) is 0 Å². The van der Waals surface area contributed by atoms with Crippen molar-refractivity contribution in [2.75, 3.05) is 37.6 Å². The third kappa shape index (κ3) is 6.52. The van der Waals surface area contributed by atoms with Crippen LogP contribution in [0.5, 0.6) is 5.75 Å². The maximum atomic E-state index is 13.0. The van der Waals surface area contributed by atoms with Gasteiger partial charge in [-0.2, -0.15) is 9.64 Å². The second-order valence-electron chi connectivity index (χ2n) is 12.7. The number of rotatable bonds is 13. The van der Waals surface area contributed by atoms with Crippen LogP contribution in [0.2, 0.25) is 0 Å². The molecule has 1 fully saturated rings. The van der Waals surface area contributed by atoms with E-state index in [1.807, 2.05) is 0 Å². The second kappa shape index (κ2) is 13.7. The third-order valence-corrected chi connectivity index (χ3v) is 12.1. The third-order valence-electron chi connectivity index (χ3n) is 10.0. The predicted molar refractivity (Wildman–Crippen MR) is 181 cm³/mol. The minimum Gasteiger partial charge on any atom is -0.487 e. The van der Waals surface area contributed by atoms with Crippen LogP contribution in [-0.2, 0) is 20.2 Å². The molecule has 47 heavy (non-hydrogen) atoms. The highest BCUT2D eigenvalue weighted by atomic mass is 32.2. The maximum Gasteiger partial charge on any atom is 0.263 e. The van der Waals surface area contributed by atoms with Crippen molar-refractivity contribution in [2.45, 2.75) is 67.3 Å². The minimum absolute atomic E-state index is 0.0444. The topological polar surface area (TPSA) is 117 Å². The maximum absolute atomic E-state index is 13.0. The van der Waals surface area contributed by atoms with E-state index in [0.29, 0.717) is 31.3 Å². The highest BCUT2D eigenvalue weighted by Gasteiger charge is 2.47. The van der Waals surface area contributed by atoms with Crippen LogP contribution in [0.4, 0.5) is 5.13 Å². The predicted octanol–water partition coefficient (Wildman–Crippen LogP) is 6.47. The highest BCUT2D eigenvalue weighted by molar-refractivity contribution is 7.93. The molecule has 1 atom stereocenters. The molecule has 0 saturated carbocycles. The molecule has 9 nitrogen and oxygen atoms in total. The number of sulfonamides is 1. The summed E-state index contributed by atoms with van der Waals surface area (Å²) in [5.74, 6) is 0.779. The molecule has 4 aromatic rings. The number of nitrogens with zero attached hydrogens (tertiary/aromatic N) is 4. The van der Waals surface area contributed by atoms with Crippen LogP contribution in [0.15, 0.2) is 78.0 Å². The van der Waals surface area contributed by atoms with E-state index in [1.54, 1.807) is 6.07 Å². The van der Waals surface area contributed by atoms with Gasteiger partial charge >= 0.3 is 0 Å². The summed E-state index contributed by atoms with van der Waals surface area (Å²) in [7, 11) is -3.96. The minimum atomic E-state index is -3.96. The van der Waals surface area contributed by atoms with Gasteiger partial charge in [-0.15, -0.1) is 0 Å². The Morgan fingerprint density at radius 2 is 1.79 bits per heavy atom. The molecule has 1 aliphatic heterocycles. The van der Waals surface area contributed by atoms with E-state index in [1.165, 1.54) is 60.0 Å². The number of ether oxygens (including phenoxy) is 2. The molecule has 3 aliphatic carbocycles. The van der Waals surface area contributed by atoms with E-state index < -0.39 is 10.0 Å². The number of benzene rings is 3. The normalized spacial score (nSPS) is 21.0. The monoisotopic (exact) mass is 669 g/mol. The molecule has 1 aromatic heterocycles. The van der Waals surface area contributed by atoms with Gasteiger partial charge in [-0.1, -0.05) is 55.0 Å². The fourth-order valence-electron chi connectivity index (χ4n) is 7.76. The molecule has 0 radical (unpaired) electrons. The molecular formula is C36H39N5O4S2. The molecule has 3 aromatic carbocycles. The van der Waals surface area contributed by atoms with Gasteiger partial charge in [0.25, 0.3) is 10.0 Å². The molecule has 4 aliphatic rings. The van der Waals surface area contributed by atoms with Gasteiger partial charge in [-0.3, -0.25) is 4.72 Å². The van der Waals surface area contributed by atoms with Gasteiger partial charge in [0.05, 0.1) is 23.7 Å².